The number of H-pyrrole nitrogens is 1. The summed E-state index contributed by atoms with van der Waals surface area (Å²) < 4.78 is 6.38. The summed E-state index contributed by atoms with van der Waals surface area (Å²) in [7, 11) is 1.44. The fraction of sp³-hybridized carbons (Fsp3) is 0.625. The van der Waals surface area contributed by atoms with Gasteiger partial charge in [-0.05, 0) is 12.2 Å². The van der Waals surface area contributed by atoms with Crippen molar-refractivity contribution in [2.24, 2.45) is 0 Å². The van der Waals surface area contributed by atoms with Gasteiger partial charge in [-0.2, -0.15) is 4.73 Å². The van der Waals surface area contributed by atoms with Crippen molar-refractivity contribution in [1.29, 1.82) is 0 Å². The van der Waals surface area contributed by atoms with Crippen molar-refractivity contribution >= 4 is 12.2 Å². The molecule has 0 saturated carbocycles. The van der Waals surface area contributed by atoms with Gasteiger partial charge < -0.3 is 24.8 Å². The predicted molar refractivity (Wildman–Crippen MR) is 55.0 cm³/mol. The molecule has 2 atom stereocenters. The standard InChI is InChI=1S/C8H14N2O4S/c1-13-4-6(11)7(12)5-14-10-3-2-9-8(10)15/h2-3,6-7,11-12H,4-5H2,1H3,(H,9,15). The molecule has 0 aliphatic heterocycles. The highest BCUT2D eigenvalue weighted by Crippen LogP contribution is 1.95. The van der Waals surface area contributed by atoms with Gasteiger partial charge in [0.05, 0.1) is 12.8 Å². The van der Waals surface area contributed by atoms with Gasteiger partial charge in [0.15, 0.2) is 0 Å². The molecule has 0 fully saturated rings. The van der Waals surface area contributed by atoms with Crippen molar-refractivity contribution in [2.75, 3.05) is 20.3 Å². The Bertz CT molecular complexity index is 337. The van der Waals surface area contributed by atoms with Crippen molar-refractivity contribution in [3.05, 3.63) is 17.2 Å². The van der Waals surface area contributed by atoms with E-state index in [-0.39, 0.29) is 13.2 Å². The number of hydrogen-bond acceptors (Lipinski definition) is 5. The van der Waals surface area contributed by atoms with E-state index in [1.807, 2.05) is 0 Å². The average Bonchev–Trinajstić information content (AvgIpc) is 2.61. The lowest BCUT2D eigenvalue weighted by molar-refractivity contribution is -0.0663. The van der Waals surface area contributed by atoms with Crippen LogP contribution in [-0.4, -0.2) is 52.5 Å². The number of aromatic nitrogens is 2. The first-order valence-corrected chi connectivity index (χ1v) is 4.80. The number of rotatable bonds is 6. The average molecular weight is 234 g/mol. The maximum atomic E-state index is 9.43. The Balaban J connectivity index is 2.37. The van der Waals surface area contributed by atoms with Gasteiger partial charge in [0.1, 0.15) is 18.8 Å². The molecule has 0 amide bonds. The monoisotopic (exact) mass is 234 g/mol. The summed E-state index contributed by atoms with van der Waals surface area (Å²) in [5.41, 5.74) is 0. The van der Waals surface area contributed by atoms with Crippen molar-refractivity contribution in [1.82, 2.24) is 9.71 Å². The summed E-state index contributed by atoms with van der Waals surface area (Å²) in [4.78, 5) is 7.85. The number of hydrogen-bond donors (Lipinski definition) is 3. The van der Waals surface area contributed by atoms with Crippen LogP contribution in [0.1, 0.15) is 0 Å². The third-order valence-electron chi connectivity index (χ3n) is 1.78. The smallest absolute Gasteiger partial charge is 0.211 e. The number of nitrogens with zero attached hydrogens (tertiary/aromatic N) is 1. The Morgan fingerprint density at radius 3 is 2.67 bits per heavy atom. The molecule has 0 aliphatic carbocycles. The molecule has 1 rings (SSSR count). The van der Waals surface area contributed by atoms with E-state index in [0.29, 0.717) is 4.77 Å². The lowest BCUT2D eigenvalue weighted by atomic mass is 10.2. The second-order valence-corrected chi connectivity index (χ2v) is 3.36. The summed E-state index contributed by atoms with van der Waals surface area (Å²) in [5.74, 6) is 0. The molecular formula is C8H14N2O4S. The molecular weight excluding hydrogens is 220 g/mol. The minimum absolute atomic E-state index is 0.0586. The highest BCUT2D eigenvalue weighted by Gasteiger charge is 2.16. The minimum atomic E-state index is -1.01. The maximum absolute atomic E-state index is 9.43. The molecule has 6 nitrogen and oxygen atoms in total. The second kappa shape index (κ2) is 5.86. The van der Waals surface area contributed by atoms with E-state index in [1.54, 1.807) is 12.4 Å². The number of aliphatic hydroxyl groups excluding tert-OH is 2. The van der Waals surface area contributed by atoms with Gasteiger partial charge in [-0.3, -0.25) is 0 Å². The van der Waals surface area contributed by atoms with Crippen LogP contribution in [0.4, 0.5) is 0 Å². The molecule has 1 heterocycles. The minimum Gasteiger partial charge on any atom is -0.409 e. The Morgan fingerprint density at radius 2 is 2.13 bits per heavy atom. The van der Waals surface area contributed by atoms with E-state index >= 15 is 0 Å². The van der Waals surface area contributed by atoms with Crippen molar-refractivity contribution in [2.45, 2.75) is 12.2 Å². The van der Waals surface area contributed by atoms with Gasteiger partial charge in [0, 0.05) is 13.3 Å². The lowest BCUT2D eigenvalue weighted by Crippen LogP contribution is -2.36. The molecule has 0 bridgehead atoms. The van der Waals surface area contributed by atoms with E-state index in [4.69, 9.17) is 17.1 Å². The zero-order valence-corrected chi connectivity index (χ0v) is 9.11. The van der Waals surface area contributed by atoms with Crippen LogP contribution >= 0.6 is 12.2 Å². The molecule has 15 heavy (non-hydrogen) atoms. The Hall–Kier alpha value is -0.890. The largest absolute Gasteiger partial charge is 0.409 e. The molecule has 7 heteroatoms. The van der Waals surface area contributed by atoms with E-state index in [9.17, 15) is 10.2 Å². The Morgan fingerprint density at radius 1 is 1.47 bits per heavy atom. The van der Waals surface area contributed by atoms with Crippen LogP contribution in [0, 0.1) is 4.77 Å². The third-order valence-corrected chi connectivity index (χ3v) is 2.08. The molecule has 0 aliphatic rings. The molecule has 3 N–H and O–H groups in total. The molecule has 0 radical (unpaired) electrons. The molecule has 0 spiro atoms. The molecule has 0 aromatic carbocycles. The number of aliphatic hydroxyl groups is 2. The topological polar surface area (TPSA) is 79.6 Å². The first-order valence-electron chi connectivity index (χ1n) is 4.39. The van der Waals surface area contributed by atoms with Crippen LogP contribution in [0.2, 0.25) is 0 Å². The summed E-state index contributed by atoms with van der Waals surface area (Å²) in [6.45, 7) is -0.000249. The molecule has 1 aromatic heterocycles. The fourth-order valence-corrected chi connectivity index (χ4v) is 1.14. The van der Waals surface area contributed by atoms with E-state index < -0.39 is 12.2 Å². The number of ether oxygens (including phenoxy) is 1. The summed E-state index contributed by atoms with van der Waals surface area (Å²) in [6, 6.07) is 0. The maximum Gasteiger partial charge on any atom is 0.211 e. The van der Waals surface area contributed by atoms with Gasteiger partial charge in [-0.15, -0.1) is 0 Å². The number of aromatic amines is 1. The van der Waals surface area contributed by atoms with Gasteiger partial charge in [0.2, 0.25) is 4.77 Å². The van der Waals surface area contributed by atoms with E-state index in [1.165, 1.54) is 11.8 Å². The van der Waals surface area contributed by atoms with Crippen LogP contribution in [0.25, 0.3) is 0 Å². The summed E-state index contributed by atoms with van der Waals surface area (Å²) in [6.07, 6.45) is 1.21. The van der Waals surface area contributed by atoms with Crippen LogP contribution in [0.5, 0.6) is 0 Å². The zero-order chi connectivity index (χ0) is 11.3. The second-order valence-electron chi connectivity index (χ2n) is 2.98. The number of imidazole rings is 1. The van der Waals surface area contributed by atoms with Crippen LogP contribution in [0.15, 0.2) is 12.4 Å². The molecule has 86 valence electrons. The van der Waals surface area contributed by atoms with Crippen molar-refractivity contribution < 1.29 is 19.8 Å². The highest BCUT2D eigenvalue weighted by atomic mass is 32.1. The lowest BCUT2D eigenvalue weighted by Gasteiger charge is -2.17. The van der Waals surface area contributed by atoms with Crippen LogP contribution in [0.3, 0.4) is 0 Å². The highest BCUT2D eigenvalue weighted by molar-refractivity contribution is 7.71. The first-order chi connectivity index (χ1) is 7.15. The van der Waals surface area contributed by atoms with Gasteiger partial charge in [-0.1, -0.05) is 0 Å². The normalized spacial score (nSPS) is 14.9. The fourth-order valence-electron chi connectivity index (χ4n) is 0.959. The van der Waals surface area contributed by atoms with Crippen molar-refractivity contribution in [3.8, 4) is 0 Å². The summed E-state index contributed by atoms with van der Waals surface area (Å²) in [5, 5.41) is 18.7. The van der Waals surface area contributed by atoms with E-state index in [2.05, 4.69) is 9.72 Å². The van der Waals surface area contributed by atoms with Crippen LogP contribution < -0.4 is 4.84 Å². The van der Waals surface area contributed by atoms with Gasteiger partial charge in [-0.25, -0.2) is 0 Å². The van der Waals surface area contributed by atoms with Gasteiger partial charge >= 0.3 is 0 Å². The Kier molecular flexibility index (Phi) is 4.76. The third kappa shape index (κ3) is 3.63. The zero-order valence-electron chi connectivity index (χ0n) is 8.29. The first kappa shape index (κ1) is 12.2. The molecule has 1 aromatic rings. The quantitative estimate of drug-likeness (QED) is 0.570. The molecule has 2 unspecified atom stereocenters. The molecule has 0 saturated heterocycles. The van der Waals surface area contributed by atoms with Crippen LogP contribution in [-0.2, 0) is 4.74 Å². The summed E-state index contributed by atoms with van der Waals surface area (Å²) >= 11 is 4.87. The number of methoxy groups -OCH3 is 1. The van der Waals surface area contributed by atoms with E-state index in [0.717, 1.165) is 0 Å². The number of nitrogens with one attached hydrogen (secondary N) is 1. The van der Waals surface area contributed by atoms with Crippen molar-refractivity contribution in [3.63, 3.8) is 0 Å². The SMILES string of the molecule is COCC(O)C(O)COn1cc[nH]c1=S. The Labute approximate surface area is 92.0 Å². The predicted octanol–water partition coefficient (Wildman–Crippen LogP) is -0.658. The van der Waals surface area contributed by atoms with Gasteiger partial charge in [0.25, 0.3) is 0 Å².